The zero-order valence-corrected chi connectivity index (χ0v) is 13.1. The van der Waals surface area contributed by atoms with Crippen LogP contribution in [0, 0.1) is 0 Å². The molecule has 0 aromatic heterocycles. The molecule has 0 aromatic rings. The molecule has 1 aliphatic rings. The van der Waals surface area contributed by atoms with Crippen molar-refractivity contribution < 1.29 is 33.6 Å². The molecule has 0 radical (unpaired) electrons. The Morgan fingerprint density at radius 3 is 2.17 bits per heavy atom. The Bertz CT molecular complexity index is 533. The van der Waals surface area contributed by atoms with Crippen LogP contribution in [-0.4, -0.2) is 58.6 Å². The van der Waals surface area contributed by atoms with E-state index in [1.807, 2.05) is 0 Å². The van der Waals surface area contributed by atoms with E-state index in [0.717, 1.165) is 11.8 Å². The first-order valence-corrected chi connectivity index (χ1v) is 7.51. The lowest BCUT2D eigenvalue weighted by Gasteiger charge is -2.12. The fraction of sp³-hybridized carbons (Fsp3) is 0.500. The molecule has 2 N–H and O–H groups in total. The van der Waals surface area contributed by atoms with Crippen LogP contribution in [0.25, 0.3) is 0 Å². The van der Waals surface area contributed by atoms with Gasteiger partial charge in [-0.3, -0.25) is 24.0 Å². The third-order valence-corrected chi connectivity index (χ3v) is 3.29. The predicted molar refractivity (Wildman–Crippen MR) is 76.3 cm³/mol. The molecule has 0 aromatic carbocycles. The SMILES string of the molecule is CC(=O)SCC(=O)NCC(=O)NCC(=O)ON1C(=O)CCC1=O. The van der Waals surface area contributed by atoms with Crippen LogP contribution in [0.2, 0.25) is 0 Å². The lowest BCUT2D eigenvalue weighted by molar-refractivity contribution is -0.196. The zero-order valence-electron chi connectivity index (χ0n) is 12.2. The minimum atomic E-state index is -0.986. The maximum absolute atomic E-state index is 11.4. The van der Waals surface area contributed by atoms with Gasteiger partial charge < -0.3 is 15.5 Å². The minimum Gasteiger partial charge on any atom is -0.346 e. The maximum Gasteiger partial charge on any atom is 0.352 e. The summed E-state index contributed by atoms with van der Waals surface area (Å²) in [5.41, 5.74) is 0. The number of hydroxylamine groups is 2. The van der Waals surface area contributed by atoms with Gasteiger partial charge in [-0.05, 0) is 0 Å². The molecule has 0 bridgehead atoms. The summed E-state index contributed by atoms with van der Waals surface area (Å²) in [5, 5.41) is 4.56. The van der Waals surface area contributed by atoms with Crippen molar-refractivity contribution in [3.8, 4) is 0 Å². The number of imide groups is 1. The molecular formula is C12H15N3O7S. The van der Waals surface area contributed by atoms with Gasteiger partial charge in [0.1, 0.15) is 6.54 Å². The quantitative estimate of drug-likeness (QED) is 0.510. The van der Waals surface area contributed by atoms with Gasteiger partial charge in [0.15, 0.2) is 5.12 Å². The third-order valence-electron chi connectivity index (χ3n) is 2.48. The monoisotopic (exact) mass is 345 g/mol. The van der Waals surface area contributed by atoms with Gasteiger partial charge in [0, 0.05) is 19.8 Å². The van der Waals surface area contributed by atoms with E-state index in [1.165, 1.54) is 6.92 Å². The van der Waals surface area contributed by atoms with Crippen LogP contribution in [0.15, 0.2) is 0 Å². The summed E-state index contributed by atoms with van der Waals surface area (Å²) < 4.78 is 0. The van der Waals surface area contributed by atoms with Crippen LogP contribution in [0.5, 0.6) is 0 Å². The van der Waals surface area contributed by atoms with Crippen molar-refractivity contribution in [2.75, 3.05) is 18.8 Å². The number of hydrogen-bond acceptors (Lipinski definition) is 8. The minimum absolute atomic E-state index is 0.0250. The molecule has 1 saturated heterocycles. The fourth-order valence-corrected chi connectivity index (χ4v) is 1.86. The first kappa shape index (κ1) is 18.6. The molecule has 0 aliphatic carbocycles. The van der Waals surface area contributed by atoms with E-state index in [4.69, 9.17) is 0 Å². The Hall–Kier alpha value is -2.43. The van der Waals surface area contributed by atoms with Crippen molar-refractivity contribution in [3.63, 3.8) is 0 Å². The van der Waals surface area contributed by atoms with Gasteiger partial charge in [-0.15, -0.1) is 5.06 Å². The molecule has 1 rings (SSSR count). The van der Waals surface area contributed by atoms with E-state index < -0.39 is 36.1 Å². The van der Waals surface area contributed by atoms with Gasteiger partial charge in [-0.2, -0.15) is 0 Å². The van der Waals surface area contributed by atoms with Crippen LogP contribution in [0.1, 0.15) is 19.8 Å². The highest BCUT2D eigenvalue weighted by molar-refractivity contribution is 8.14. The van der Waals surface area contributed by atoms with Gasteiger partial charge >= 0.3 is 5.97 Å². The van der Waals surface area contributed by atoms with Crippen LogP contribution in [0.4, 0.5) is 0 Å². The molecule has 4 amide bonds. The molecule has 11 heteroatoms. The van der Waals surface area contributed by atoms with Gasteiger partial charge in [0.25, 0.3) is 11.8 Å². The highest BCUT2D eigenvalue weighted by Crippen LogP contribution is 2.11. The standard InChI is InChI=1S/C12H15N3O7S/c1-7(16)23-6-9(18)13-4-8(17)14-5-12(21)22-15-10(19)2-3-11(15)20/h2-6H2,1H3,(H,13,18)(H,14,17). The van der Waals surface area contributed by atoms with E-state index in [1.54, 1.807) is 0 Å². The topological polar surface area (TPSA) is 139 Å². The van der Waals surface area contributed by atoms with E-state index in [0.29, 0.717) is 5.06 Å². The first-order chi connectivity index (χ1) is 10.8. The van der Waals surface area contributed by atoms with Gasteiger partial charge in [0.05, 0.1) is 12.3 Å². The average molecular weight is 345 g/mol. The number of hydrogen-bond donors (Lipinski definition) is 2. The molecule has 1 aliphatic heterocycles. The molecule has 126 valence electrons. The number of carbonyl (C=O) groups excluding carboxylic acids is 6. The fourth-order valence-electron chi connectivity index (χ4n) is 1.42. The normalized spacial score (nSPS) is 13.7. The molecule has 0 atom stereocenters. The summed E-state index contributed by atoms with van der Waals surface area (Å²) in [6, 6.07) is 0. The van der Waals surface area contributed by atoms with Crippen molar-refractivity contribution in [1.29, 1.82) is 0 Å². The smallest absolute Gasteiger partial charge is 0.346 e. The van der Waals surface area contributed by atoms with Gasteiger partial charge in [-0.1, -0.05) is 11.8 Å². The Morgan fingerprint density at radius 1 is 1.04 bits per heavy atom. The summed E-state index contributed by atoms with van der Waals surface area (Å²) in [6.07, 6.45) is -0.0500. The van der Waals surface area contributed by atoms with Crippen LogP contribution < -0.4 is 10.6 Å². The van der Waals surface area contributed by atoms with Crippen molar-refractivity contribution in [2.24, 2.45) is 0 Å². The van der Waals surface area contributed by atoms with Crippen LogP contribution in [0.3, 0.4) is 0 Å². The highest BCUT2D eigenvalue weighted by atomic mass is 32.2. The number of nitrogens with one attached hydrogen (secondary N) is 2. The molecule has 0 spiro atoms. The Morgan fingerprint density at radius 2 is 1.61 bits per heavy atom. The summed E-state index contributed by atoms with van der Waals surface area (Å²) in [7, 11) is 0. The summed E-state index contributed by atoms with van der Waals surface area (Å²) in [4.78, 5) is 71.7. The summed E-state index contributed by atoms with van der Waals surface area (Å²) >= 11 is 0.801. The highest BCUT2D eigenvalue weighted by Gasteiger charge is 2.32. The largest absolute Gasteiger partial charge is 0.352 e. The van der Waals surface area contributed by atoms with E-state index >= 15 is 0 Å². The van der Waals surface area contributed by atoms with Gasteiger partial charge in [-0.25, -0.2) is 4.79 Å². The second-order valence-electron chi connectivity index (χ2n) is 4.38. The lowest BCUT2D eigenvalue weighted by Crippen LogP contribution is -2.42. The van der Waals surface area contributed by atoms with Crippen molar-refractivity contribution in [1.82, 2.24) is 15.7 Å². The Kier molecular flexibility index (Phi) is 7.19. The Balaban J connectivity index is 2.21. The van der Waals surface area contributed by atoms with Crippen molar-refractivity contribution >= 4 is 46.5 Å². The second-order valence-corrected chi connectivity index (χ2v) is 5.53. The molecule has 0 unspecified atom stereocenters. The van der Waals surface area contributed by atoms with E-state index in [9.17, 15) is 28.8 Å². The molecule has 1 fully saturated rings. The third kappa shape index (κ3) is 6.91. The molecular weight excluding hydrogens is 330 g/mol. The van der Waals surface area contributed by atoms with Crippen molar-refractivity contribution in [3.05, 3.63) is 0 Å². The van der Waals surface area contributed by atoms with Crippen LogP contribution in [-0.2, 0) is 33.6 Å². The molecule has 0 saturated carbocycles. The molecule has 10 nitrogen and oxygen atoms in total. The maximum atomic E-state index is 11.4. The Labute approximate surface area is 135 Å². The average Bonchev–Trinajstić information content (AvgIpc) is 2.80. The first-order valence-electron chi connectivity index (χ1n) is 6.53. The molecule has 23 heavy (non-hydrogen) atoms. The van der Waals surface area contributed by atoms with Crippen molar-refractivity contribution in [2.45, 2.75) is 19.8 Å². The number of carbonyl (C=O) groups is 6. The summed E-state index contributed by atoms with van der Waals surface area (Å²) in [6.45, 7) is 0.367. The van der Waals surface area contributed by atoms with E-state index in [-0.39, 0.29) is 30.3 Å². The number of amides is 4. The predicted octanol–water partition coefficient (Wildman–Crippen LogP) is -1.89. The summed E-state index contributed by atoms with van der Waals surface area (Å²) in [5.74, 6) is -3.50. The van der Waals surface area contributed by atoms with E-state index in [2.05, 4.69) is 15.5 Å². The number of thioether (sulfide) groups is 1. The van der Waals surface area contributed by atoms with Gasteiger partial charge in [0.2, 0.25) is 11.8 Å². The lowest BCUT2D eigenvalue weighted by atomic mass is 10.4. The number of nitrogens with zero attached hydrogens (tertiary/aromatic N) is 1. The number of rotatable bonds is 7. The molecule has 1 heterocycles. The second kappa shape index (κ2) is 8.88. The zero-order chi connectivity index (χ0) is 17.4. The van der Waals surface area contributed by atoms with Crippen LogP contribution >= 0.6 is 11.8 Å².